The molecule has 1 aromatic carbocycles. The van der Waals surface area contributed by atoms with Crippen molar-refractivity contribution in [2.24, 2.45) is 0 Å². The van der Waals surface area contributed by atoms with Crippen molar-refractivity contribution in [3.63, 3.8) is 0 Å². The van der Waals surface area contributed by atoms with E-state index in [-0.39, 0.29) is 31.0 Å². The number of terminal acetylenes is 1. The second kappa shape index (κ2) is 6.02. The van der Waals surface area contributed by atoms with Crippen LogP contribution in [0.3, 0.4) is 0 Å². The van der Waals surface area contributed by atoms with E-state index < -0.39 is 0 Å². The highest BCUT2D eigenvalue weighted by molar-refractivity contribution is 5.80. The van der Waals surface area contributed by atoms with E-state index in [0.717, 1.165) is 5.56 Å². The number of fused-ring (bicyclic) bond motifs is 1. The van der Waals surface area contributed by atoms with Gasteiger partial charge in [-0.3, -0.25) is 14.2 Å². The molecular formula is C15H15N3O2. The van der Waals surface area contributed by atoms with Crippen LogP contribution in [0.15, 0.2) is 29.3 Å². The molecular weight excluding hydrogens is 254 g/mol. The topological polar surface area (TPSA) is 64.0 Å². The first-order valence-electron chi connectivity index (χ1n) is 6.28. The molecule has 1 amide bonds. The maximum Gasteiger partial charge on any atom is 0.261 e. The lowest BCUT2D eigenvalue weighted by molar-refractivity contribution is -0.121. The number of carbonyl (C=O) groups excluding carboxylic acids is 1. The molecule has 5 nitrogen and oxygen atoms in total. The Bertz CT molecular complexity index is 741. The van der Waals surface area contributed by atoms with Gasteiger partial charge in [-0.25, -0.2) is 4.98 Å². The van der Waals surface area contributed by atoms with Gasteiger partial charge in [0.15, 0.2) is 0 Å². The van der Waals surface area contributed by atoms with Gasteiger partial charge in [0.05, 0.1) is 23.8 Å². The molecule has 0 aliphatic heterocycles. The van der Waals surface area contributed by atoms with Crippen molar-refractivity contribution in [2.75, 3.05) is 6.54 Å². The summed E-state index contributed by atoms with van der Waals surface area (Å²) in [5, 5.41) is 3.12. The predicted octanol–water partition coefficient (Wildman–Crippen LogP) is 0.844. The number of aryl methyl sites for hydroxylation is 2. The number of nitrogens with zero attached hydrogens (tertiary/aromatic N) is 2. The first-order chi connectivity index (χ1) is 9.63. The van der Waals surface area contributed by atoms with Crippen molar-refractivity contribution >= 4 is 16.8 Å². The summed E-state index contributed by atoms with van der Waals surface area (Å²) in [6, 6.07) is 5.48. The molecule has 5 heteroatoms. The fourth-order valence-electron chi connectivity index (χ4n) is 1.96. The minimum atomic E-state index is -0.181. The fourth-order valence-corrected chi connectivity index (χ4v) is 1.96. The molecule has 0 fully saturated rings. The van der Waals surface area contributed by atoms with Crippen LogP contribution >= 0.6 is 0 Å². The molecule has 2 aromatic rings. The first-order valence-corrected chi connectivity index (χ1v) is 6.28. The Morgan fingerprint density at radius 1 is 1.50 bits per heavy atom. The quantitative estimate of drug-likeness (QED) is 0.837. The van der Waals surface area contributed by atoms with Gasteiger partial charge in [0, 0.05) is 13.0 Å². The van der Waals surface area contributed by atoms with Gasteiger partial charge in [-0.05, 0) is 18.6 Å². The van der Waals surface area contributed by atoms with E-state index in [4.69, 9.17) is 6.42 Å². The molecule has 20 heavy (non-hydrogen) atoms. The van der Waals surface area contributed by atoms with E-state index in [1.807, 2.05) is 19.1 Å². The molecule has 102 valence electrons. The molecule has 0 saturated heterocycles. The number of aromatic nitrogens is 2. The molecule has 0 saturated carbocycles. The van der Waals surface area contributed by atoms with Gasteiger partial charge in [0.2, 0.25) is 5.91 Å². The largest absolute Gasteiger partial charge is 0.345 e. The summed E-state index contributed by atoms with van der Waals surface area (Å²) in [7, 11) is 0. The Balaban J connectivity index is 2.20. The van der Waals surface area contributed by atoms with Crippen LogP contribution in [0.5, 0.6) is 0 Å². The molecule has 0 spiro atoms. The highest BCUT2D eigenvalue weighted by Gasteiger charge is 2.07. The molecule has 2 rings (SSSR count). The van der Waals surface area contributed by atoms with Gasteiger partial charge in [-0.1, -0.05) is 18.1 Å². The number of carbonyl (C=O) groups is 1. The van der Waals surface area contributed by atoms with Crippen LogP contribution in [0.2, 0.25) is 0 Å². The molecule has 0 atom stereocenters. The zero-order chi connectivity index (χ0) is 14.5. The van der Waals surface area contributed by atoms with E-state index >= 15 is 0 Å². The van der Waals surface area contributed by atoms with Crippen molar-refractivity contribution in [3.05, 3.63) is 40.4 Å². The molecule has 0 aliphatic rings. The molecule has 1 heterocycles. The number of hydrogen-bond acceptors (Lipinski definition) is 3. The van der Waals surface area contributed by atoms with Gasteiger partial charge < -0.3 is 5.32 Å². The molecule has 0 aliphatic carbocycles. The zero-order valence-corrected chi connectivity index (χ0v) is 11.2. The van der Waals surface area contributed by atoms with Gasteiger partial charge in [-0.15, -0.1) is 6.42 Å². The maximum absolute atomic E-state index is 12.3. The monoisotopic (exact) mass is 269 g/mol. The maximum atomic E-state index is 12.3. The fraction of sp³-hybridized carbons (Fsp3) is 0.267. The number of rotatable bonds is 4. The number of para-hydroxylation sites is 1. The first kappa shape index (κ1) is 13.8. The van der Waals surface area contributed by atoms with Crippen LogP contribution in [0.1, 0.15) is 12.0 Å². The van der Waals surface area contributed by atoms with Crippen LogP contribution in [0, 0.1) is 19.3 Å². The molecule has 1 N–H and O–H groups in total. The van der Waals surface area contributed by atoms with Gasteiger partial charge in [-0.2, -0.15) is 0 Å². The third kappa shape index (κ3) is 2.86. The average molecular weight is 269 g/mol. The number of hydrogen-bond donors (Lipinski definition) is 1. The van der Waals surface area contributed by atoms with Crippen LogP contribution in [-0.2, 0) is 11.3 Å². The van der Waals surface area contributed by atoms with Gasteiger partial charge in [0.1, 0.15) is 0 Å². The summed E-state index contributed by atoms with van der Waals surface area (Å²) >= 11 is 0. The lowest BCUT2D eigenvalue weighted by atomic mass is 10.1. The van der Waals surface area contributed by atoms with Crippen molar-refractivity contribution in [3.8, 4) is 12.3 Å². The third-order valence-electron chi connectivity index (χ3n) is 3.02. The van der Waals surface area contributed by atoms with Gasteiger partial charge >= 0.3 is 0 Å². The van der Waals surface area contributed by atoms with Crippen LogP contribution in [-0.4, -0.2) is 22.0 Å². The van der Waals surface area contributed by atoms with Gasteiger partial charge in [0.25, 0.3) is 5.56 Å². The SMILES string of the molecule is C#CCNC(=O)CCn1cnc2c(C)cccc2c1=O. The van der Waals surface area contributed by atoms with Crippen molar-refractivity contribution < 1.29 is 4.79 Å². The lowest BCUT2D eigenvalue weighted by Crippen LogP contribution is -2.27. The number of benzene rings is 1. The summed E-state index contributed by atoms with van der Waals surface area (Å²) in [5.41, 5.74) is 1.52. The van der Waals surface area contributed by atoms with Crippen molar-refractivity contribution in [2.45, 2.75) is 19.9 Å². The average Bonchev–Trinajstić information content (AvgIpc) is 2.45. The minimum absolute atomic E-state index is 0.136. The Hall–Kier alpha value is -2.61. The molecule has 0 bridgehead atoms. The Morgan fingerprint density at radius 2 is 2.30 bits per heavy atom. The highest BCUT2D eigenvalue weighted by Crippen LogP contribution is 2.11. The Kier molecular flexibility index (Phi) is 4.16. The standard InChI is InChI=1S/C15H15N3O2/c1-3-8-16-13(19)7-9-18-10-17-14-11(2)5-4-6-12(14)15(18)20/h1,4-6,10H,7-9H2,2H3,(H,16,19). The zero-order valence-electron chi connectivity index (χ0n) is 11.2. The summed E-state index contributed by atoms with van der Waals surface area (Å²) in [6.45, 7) is 2.39. The van der Waals surface area contributed by atoms with E-state index in [9.17, 15) is 9.59 Å². The van der Waals surface area contributed by atoms with E-state index in [1.165, 1.54) is 10.9 Å². The van der Waals surface area contributed by atoms with Crippen LogP contribution < -0.4 is 10.9 Å². The summed E-state index contributed by atoms with van der Waals surface area (Å²) in [4.78, 5) is 28.0. The van der Waals surface area contributed by atoms with Crippen molar-refractivity contribution in [1.29, 1.82) is 0 Å². The highest BCUT2D eigenvalue weighted by atomic mass is 16.1. The third-order valence-corrected chi connectivity index (χ3v) is 3.02. The van der Waals surface area contributed by atoms with Crippen molar-refractivity contribution in [1.82, 2.24) is 14.9 Å². The number of amides is 1. The summed E-state index contributed by atoms with van der Waals surface area (Å²) < 4.78 is 1.44. The lowest BCUT2D eigenvalue weighted by Gasteiger charge is -2.07. The van der Waals surface area contributed by atoms with E-state index in [0.29, 0.717) is 10.9 Å². The van der Waals surface area contributed by atoms with E-state index in [1.54, 1.807) is 6.07 Å². The van der Waals surface area contributed by atoms with Crippen LogP contribution in [0.4, 0.5) is 0 Å². The Morgan fingerprint density at radius 3 is 3.05 bits per heavy atom. The van der Waals surface area contributed by atoms with Crippen LogP contribution in [0.25, 0.3) is 10.9 Å². The molecule has 1 aromatic heterocycles. The smallest absolute Gasteiger partial charge is 0.261 e. The molecule has 0 unspecified atom stereocenters. The normalized spacial score (nSPS) is 10.2. The molecule has 0 radical (unpaired) electrons. The number of nitrogens with one attached hydrogen (secondary N) is 1. The second-order valence-corrected chi connectivity index (χ2v) is 4.45. The van der Waals surface area contributed by atoms with E-state index in [2.05, 4.69) is 16.2 Å². The summed E-state index contributed by atoms with van der Waals surface area (Å²) in [6.07, 6.45) is 6.73. The second-order valence-electron chi connectivity index (χ2n) is 4.45. The predicted molar refractivity (Wildman–Crippen MR) is 77.2 cm³/mol. The Labute approximate surface area is 116 Å². The summed E-state index contributed by atoms with van der Waals surface area (Å²) in [5.74, 6) is 2.14. The minimum Gasteiger partial charge on any atom is -0.345 e.